The molecular weight excluding hydrogens is 166 g/mol. The molecule has 0 amide bonds. The molecule has 0 aromatic carbocycles. The summed E-state index contributed by atoms with van der Waals surface area (Å²) in [6.45, 7) is 2.78. The number of nitrogens with zero attached hydrogens (tertiary/aromatic N) is 2. The van der Waals surface area contributed by atoms with Gasteiger partial charge in [0, 0.05) is 12.8 Å². The van der Waals surface area contributed by atoms with Gasteiger partial charge in [-0.25, -0.2) is 0 Å². The molecule has 0 bridgehead atoms. The van der Waals surface area contributed by atoms with Crippen LogP contribution in [0.3, 0.4) is 0 Å². The quantitative estimate of drug-likeness (QED) is 0.675. The van der Waals surface area contributed by atoms with Crippen molar-refractivity contribution in [3.8, 4) is 0 Å². The van der Waals surface area contributed by atoms with Crippen LogP contribution in [0.4, 0.5) is 0 Å². The number of aryl methyl sites for hydroxylation is 2. The molecule has 0 aliphatic carbocycles. The number of nitrogens with two attached hydrogens (primary N) is 1. The molecule has 1 aromatic rings. The summed E-state index contributed by atoms with van der Waals surface area (Å²) in [6, 6.07) is 0. The molecule has 0 unspecified atom stereocenters. The van der Waals surface area contributed by atoms with Crippen LogP contribution >= 0.6 is 0 Å². The average Bonchev–Trinajstić information content (AvgIpc) is 2.60. The van der Waals surface area contributed by atoms with Crippen molar-refractivity contribution in [2.24, 2.45) is 5.73 Å². The summed E-state index contributed by atoms with van der Waals surface area (Å²) in [5, 5.41) is 3.82. The number of aromatic nitrogens is 2. The van der Waals surface area contributed by atoms with Crippen molar-refractivity contribution in [1.82, 2.24) is 10.1 Å². The molecular formula is C9H17N3O. The van der Waals surface area contributed by atoms with Crippen molar-refractivity contribution in [2.45, 2.75) is 39.0 Å². The zero-order valence-corrected chi connectivity index (χ0v) is 8.12. The van der Waals surface area contributed by atoms with Crippen LogP contribution < -0.4 is 5.73 Å². The first-order valence-corrected chi connectivity index (χ1v) is 4.88. The second-order valence-corrected chi connectivity index (χ2v) is 3.06. The molecule has 0 saturated carbocycles. The Kier molecular flexibility index (Phi) is 4.46. The van der Waals surface area contributed by atoms with E-state index in [0.717, 1.165) is 50.4 Å². The Balaban J connectivity index is 2.20. The first-order chi connectivity index (χ1) is 6.36. The van der Waals surface area contributed by atoms with Gasteiger partial charge in [-0.2, -0.15) is 4.98 Å². The first kappa shape index (κ1) is 10.2. The predicted molar refractivity (Wildman–Crippen MR) is 50.3 cm³/mol. The summed E-state index contributed by atoms with van der Waals surface area (Å²) in [4.78, 5) is 4.22. The van der Waals surface area contributed by atoms with Gasteiger partial charge < -0.3 is 10.3 Å². The second kappa shape index (κ2) is 5.70. The predicted octanol–water partition coefficient (Wildman–Crippen LogP) is 1.30. The van der Waals surface area contributed by atoms with E-state index in [-0.39, 0.29) is 0 Å². The average molecular weight is 183 g/mol. The maximum absolute atomic E-state index is 5.38. The molecule has 1 aromatic heterocycles. The minimum atomic E-state index is 0.758. The lowest BCUT2D eigenvalue weighted by molar-refractivity contribution is 0.369. The Morgan fingerprint density at radius 1 is 1.31 bits per heavy atom. The molecule has 13 heavy (non-hydrogen) atoms. The third-order valence-electron chi connectivity index (χ3n) is 1.92. The molecule has 0 atom stereocenters. The number of hydrogen-bond acceptors (Lipinski definition) is 4. The highest BCUT2D eigenvalue weighted by atomic mass is 16.5. The van der Waals surface area contributed by atoms with E-state index in [9.17, 15) is 0 Å². The van der Waals surface area contributed by atoms with Gasteiger partial charge >= 0.3 is 0 Å². The molecule has 4 nitrogen and oxygen atoms in total. The number of unbranched alkanes of at least 4 members (excludes halogenated alkanes) is 2. The lowest BCUT2D eigenvalue weighted by Crippen LogP contribution is -1.98. The lowest BCUT2D eigenvalue weighted by Gasteiger charge is -1.93. The third kappa shape index (κ3) is 3.55. The highest BCUT2D eigenvalue weighted by Crippen LogP contribution is 2.04. The Labute approximate surface area is 78.5 Å². The summed E-state index contributed by atoms with van der Waals surface area (Å²) >= 11 is 0. The molecule has 0 fully saturated rings. The van der Waals surface area contributed by atoms with E-state index in [1.165, 1.54) is 0 Å². The fourth-order valence-electron chi connectivity index (χ4n) is 1.13. The fourth-order valence-corrected chi connectivity index (χ4v) is 1.13. The zero-order chi connectivity index (χ0) is 9.52. The molecule has 4 heteroatoms. The van der Waals surface area contributed by atoms with E-state index in [4.69, 9.17) is 10.3 Å². The minimum Gasteiger partial charge on any atom is -0.339 e. The normalized spacial score (nSPS) is 10.6. The van der Waals surface area contributed by atoms with E-state index in [0.29, 0.717) is 0 Å². The van der Waals surface area contributed by atoms with Crippen molar-refractivity contribution < 1.29 is 4.52 Å². The largest absolute Gasteiger partial charge is 0.339 e. The standard InChI is InChI=1S/C9H17N3O/c1-2-8-11-9(13-12-8)6-4-3-5-7-10/h2-7,10H2,1H3. The Morgan fingerprint density at radius 3 is 2.77 bits per heavy atom. The van der Waals surface area contributed by atoms with Crippen LogP contribution in [-0.2, 0) is 12.8 Å². The summed E-state index contributed by atoms with van der Waals surface area (Å²) in [7, 11) is 0. The summed E-state index contributed by atoms with van der Waals surface area (Å²) in [6.07, 6.45) is 5.02. The van der Waals surface area contributed by atoms with Gasteiger partial charge in [0.05, 0.1) is 0 Å². The topological polar surface area (TPSA) is 64.9 Å². The van der Waals surface area contributed by atoms with E-state index in [2.05, 4.69) is 10.1 Å². The van der Waals surface area contributed by atoms with Gasteiger partial charge in [-0.1, -0.05) is 18.5 Å². The van der Waals surface area contributed by atoms with Crippen molar-refractivity contribution in [3.63, 3.8) is 0 Å². The summed E-state index contributed by atoms with van der Waals surface area (Å²) in [5.74, 6) is 1.56. The van der Waals surface area contributed by atoms with Crippen molar-refractivity contribution >= 4 is 0 Å². The van der Waals surface area contributed by atoms with Crippen LogP contribution in [0.5, 0.6) is 0 Å². The van der Waals surface area contributed by atoms with Crippen LogP contribution in [0.1, 0.15) is 37.9 Å². The smallest absolute Gasteiger partial charge is 0.226 e. The number of hydrogen-bond donors (Lipinski definition) is 1. The molecule has 0 spiro atoms. The fraction of sp³-hybridized carbons (Fsp3) is 0.778. The van der Waals surface area contributed by atoms with Crippen LogP contribution in [0.2, 0.25) is 0 Å². The number of rotatable bonds is 6. The van der Waals surface area contributed by atoms with Crippen molar-refractivity contribution in [1.29, 1.82) is 0 Å². The molecule has 0 aliphatic rings. The van der Waals surface area contributed by atoms with Gasteiger partial charge in [0.15, 0.2) is 5.82 Å². The monoisotopic (exact) mass is 183 g/mol. The van der Waals surface area contributed by atoms with Gasteiger partial charge in [0.1, 0.15) is 0 Å². The van der Waals surface area contributed by atoms with Gasteiger partial charge in [0.2, 0.25) is 5.89 Å². The van der Waals surface area contributed by atoms with Gasteiger partial charge in [-0.05, 0) is 19.4 Å². The molecule has 0 radical (unpaired) electrons. The summed E-state index contributed by atoms with van der Waals surface area (Å²) in [5.41, 5.74) is 5.38. The van der Waals surface area contributed by atoms with Crippen molar-refractivity contribution in [2.75, 3.05) is 6.54 Å². The molecule has 1 rings (SSSR count). The van der Waals surface area contributed by atoms with E-state index < -0.39 is 0 Å². The van der Waals surface area contributed by atoms with E-state index in [1.54, 1.807) is 0 Å². The van der Waals surface area contributed by atoms with Gasteiger partial charge in [-0.15, -0.1) is 0 Å². The highest BCUT2D eigenvalue weighted by molar-refractivity contribution is 4.85. The van der Waals surface area contributed by atoms with Crippen LogP contribution in [0, 0.1) is 0 Å². The van der Waals surface area contributed by atoms with Crippen LogP contribution in [0.25, 0.3) is 0 Å². The molecule has 1 heterocycles. The van der Waals surface area contributed by atoms with Gasteiger partial charge in [0.25, 0.3) is 0 Å². The Morgan fingerprint density at radius 2 is 2.15 bits per heavy atom. The Bertz CT molecular complexity index is 235. The maximum Gasteiger partial charge on any atom is 0.226 e. The zero-order valence-electron chi connectivity index (χ0n) is 8.12. The minimum absolute atomic E-state index is 0.758. The van der Waals surface area contributed by atoms with Crippen molar-refractivity contribution in [3.05, 3.63) is 11.7 Å². The first-order valence-electron chi connectivity index (χ1n) is 4.88. The van der Waals surface area contributed by atoms with Gasteiger partial charge in [-0.3, -0.25) is 0 Å². The van der Waals surface area contributed by atoms with E-state index in [1.807, 2.05) is 6.92 Å². The second-order valence-electron chi connectivity index (χ2n) is 3.06. The summed E-state index contributed by atoms with van der Waals surface area (Å²) < 4.78 is 5.04. The SMILES string of the molecule is CCc1noc(CCCCCN)n1. The lowest BCUT2D eigenvalue weighted by atomic mass is 10.2. The Hall–Kier alpha value is -0.900. The molecule has 2 N–H and O–H groups in total. The maximum atomic E-state index is 5.38. The van der Waals surface area contributed by atoms with E-state index >= 15 is 0 Å². The third-order valence-corrected chi connectivity index (χ3v) is 1.92. The highest BCUT2D eigenvalue weighted by Gasteiger charge is 2.02. The van der Waals surface area contributed by atoms with Crippen LogP contribution in [0.15, 0.2) is 4.52 Å². The molecule has 0 saturated heterocycles. The van der Waals surface area contributed by atoms with Crippen LogP contribution in [-0.4, -0.2) is 16.7 Å². The molecule has 0 aliphatic heterocycles. The molecule has 74 valence electrons.